The normalized spacial score (nSPS) is 11.2. The minimum absolute atomic E-state index is 0.0433. The van der Waals surface area contributed by atoms with E-state index in [1.165, 1.54) is 7.11 Å². The van der Waals surface area contributed by atoms with Crippen LogP contribution in [0.15, 0.2) is 18.2 Å². The topological polar surface area (TPSA) is 84.6 Å². The molecule has 0 unspecified atom stereocenters. The van der Waals surface area contributed by atoms with Crippen LogP contribution in [0, 0.1) is 5.41 Å². The van der Waals surface area contributed by atoms with Crippen LogP contribution in [0.1, 0.15) is 37.0 Å². The maximum atomic E-state index is 12.3. The van der Waals surface area contributed by atoms with E-state index in [1.54, 1.807) is 18.2 Å². The summed E-state index contributed by atoms with van der Waals surface area (Å²) in [6.45, 7) is 4.46. The summed E-state index contributed by atoms with van der Waals surface area (Å²) in [5.74, 6) is 0.171. The van der Waals surface area contributed by atoms with E-state index in [0.717, 1.165) is 12.8 Å². The Labute approximate surface area is 120 Å². The van der Waals surface area contributed by atoms with Gasteiger partial charge in [0, 0.05) is 17.6 Å². The molecular formula is C15H24N2O3. The molecule has 0 bridgehead atoms. The average Bonchev–Trinajstić information content (AvgIpc) is 2.48. The van der Waals surface area contributed by atoms with Crippen molar-refractivity contribution in [3.8, 4) is 5.75 Å². The number of ether oxygens (including phenoxy) is 1. The zero-order valence-electron chi connectivity index (χ0n) is 12.4. The number of hydrogen-bond donors (Lipinski definition) is 3. The molecular weight excluding hydrogens is 256 g/mol. The van der Waals surface area contributed by atoms with E-state index in [-0.39, 0.29) is 17.9 Å². The molecule has 1 rings (SSSR count). The summed E-state index contributed by atoms with van der Waals surface area (Å²) in [4.78, 5) is 12.3. The minimum Gasteiger partial charge on any atom is -0.496 e. The van der Waals surface area contributed by atoms with Crippen molar-refractivity contribution in [3.05, 3.63) is 23.8 Å². The van der Waals surface area contributed by atoms with Crippen molar-refractivity contribution < 1.29 is 14.6 Å². The van der Waals surface area contributed by atoms with E-state index in [4.69, 9.17) is 10.5 Å². The number of amides is 1. The summed E-state index contributed by atoms with van der Waals surface area (Å²) in [5, 5.41) is 12.4. The summed E-state index contributed by atoms with van der Waals surface area (Å²) in [7, 11) is 1.50. The predicted molar refractivity (Wildman–Crippen MR) is 79.8 cm³/mol. The number of rotatable bonds is 7. The minimum atomic E-state index is -0.285. The third-order valence-electron chi connectivity index (χ3n) is 3.96. The van der Waals surface area contributed by atoms with Gasteiger partial charge in [0.2, 0.25) is 0 Å². The molecule has 0 fully saturated rings. The maximum absolute atomic E-state index is 12.3. The van der Waals surface area contributed by atoms with Gasteiger partial charge < -0.3 is 20.9 Å². The fourth-order valence-corrected chi connectivity index (χ4v) is 2.10. The highest BCUT2D eigenvalue weighted by molar-refractivity contribution is 6.01. The first-order valence-electron chi connectivity index (χ1n) is 6.85. The van der Waals surface area contributed by atoms with Gasteiger partial charge in [0.05, 0.1) is 13.7 Å². The van der Waals surface area contributed by atoms with Crippen LogP contribution in [0.2, 0.25) is 0 Å². The van der Waals surface area contributed by atoms with Crippen molar-refractivity contribution >= 4 is 11.6 Å². The molecule has 20 heavy (non-hydrogen) atoms. The lowest BCUT2D eigenvalue weighted by atomic mass is 9.83. The van der Waals surface area contributed by atoms with Gasteiger partial charge in [0.25, 0.3) is 5.91 Å². The largest absolute Gasteiger partial charge is 0.496 e. The highest BCUT2D eigenvalue weighted by atomic mass is 16.5. The SMILES string of the molecule is CCC(CC)(CO)CNC(=O)c1c(N)cccc1OC. The fraction of sp³-hybridized carbons (Fsp3) is 0.533. The smallest absolute Gasteiger partial charge is 0.257 e. The number of aliphatic hydroxyl groups excluding tert-OH is 1. The monoisotopic (exact) mass is 280 g/mol. The molecule has 1 aromatic carbocycles. The fourth-order valence-electron chi connectivity index (χ4n) is 2.10. The molecule has 0 aliphatic carbocycles. The lowest BCUT2D eigenvalue weighted by Crippen LogP contribution is -2.39. The standard InChI is InChI=1S/C15H24N2O3/c1-4-15(5-2,10-18)9-17-14(19)13-11(16)7-6-8-12(13)20-3/h6-8,18H,4-5,9-10,16H2,1-3H3,(H,17,19). The summed E-state index contributed by atoms with van der Waals surface area (Å²) in [6.07, 6.45) is 1.59. The number of anilines is 1. The molecule has 0 aliphatic rings. The van der Waals surface area contributed by atoms with Crippen molar-refractivity contribution in [1.29, 1.82) is 0 Å². The number of methoxy groups -OCH3 is 1. The van der Waals surface area contributed by atoms with E-state index < -0.39 is 0 Å². The van der Waals surface area contributed by atoms with E-state index >= 15 is 0 Å². The van der Waals surface area contributed by atoms with Crippen LogP contribution < -0.4 is 15.8 Å². The Bertz CT molecular complexity index is 448. The molecule has 0 atom stereocenters. The Kier molecular flexibility index (Phi) is 5.82. The molecule has 0 heterocycles. The van der Waals surface area contributed by atoms with Crippen LogP contribution >= 0.6 is 0 Å². The molecule has 4 N–H and O–H groups in total. The Morgan fingerprint density at radius 1 is 1.40 bits per heavy atom. The van der Waals surface area contributed by atoms with Gasteiger partial charge in [-0.1, -0.05) is 19.9 Å². The molecule has 0 radical (unpaired) electrons. The summed E-state index contributed by atoms with van der Waals surface area (Å²) in [6, 6.07) is 5.10. The van der Waals surface area contributed by atoms with E-state index in [2.05, 4.69) is 5.32 Å². The van der Waals surface area contributed by atoms with Gasteiger partial charge >= 0.3 is 0 Å². The maximum Gasteiger partial charge on any atom is 0.257 e. The molecule has 1 amide bonds. The second kappa shape index (κ2) is 7.14. The number of nitrogens with two attached hydrogens (primary N) is 1. The third kappa shape index (κ3) is 3.42. The van der Waals surface area contributed by atoms with Crippen molar-refractivity contribution in [3.63, 3.8) is 0 Å². The molecule has 5 heteroatoms. The number of aliphatic hydroxyl groups is 1. The number of benzene rings is 1. The molecule has 0 aromatic heterocycles. The van der Waals surface area contributed by atoms with Gasteiger partial charge in [-0.25, -0.2) is 0 Å². The second-order valence-corrected chi connectivity index (χ2v) is 4.97. The van der Waals surface area contributed by atoms with E-state index in [9.17, 15) is 9.90 Å². The number of nitrogens with one attached hydrogen (secondary N) is 1. The van der Waals surface area contributed by atoms with Crippen LogP contribution in [-0.2, 0) is 0 Å². The Balaban J connectivity index is 2.87. The predicted octanol–water partition coefficient (Wildman–Crippen LogP) is 1.81. The van der Waals surface area contributed by atoms with Crippen LogP contribution in [0.5, 0.6) is 5.75 Å². The molecule has 0 saturated heterocycles. The Hall–Kier alpha value is -1.75. The Morgan fingerprint density at radius 3 is 2.55 bits per heavy atom. The first-order valence-corrected chi connectivity index (χ1v) is 6.85. The van der Waals surface area contributed by atoms with Crippen molar-refractivity contribution in [2.45, 2.75) is 26.7 Å². The van der Waals surface area contributed by atoms with Crippen LogP contribution in [0.4, 0.5) is 5.69 Å². The average molecular weight is 280 g/mol. The molecule has 1 aromatic rings. The Morgan fingerprint density at radius 2 is 2.05 bits per heavy atom. The zero-order chi connectivity index (χ0) is 15.2. The number of carbonyl (C=O) groups excluding carboxylic acids is 1. The van der Waals surface area contributed by atoms with Gasteiger partial charge in [-0.15, -0.1) is 0 Å². The highest BCUT2D eigenvalue weighted by Gasteiger charge is 2.27. The van der Waals surface area contributed by atoms with Gasteiger partial charge in [-0.2, -0.15) is 0 Å². The summed E-state index contributed by atoms with van der Waals surface area (Å²) < 4.78 is 5.17. The molecule has 0 spiro atoms. The summed E-state index contributed by atoms with van der Waals surface area (Å²) in [5.41, 5.74) is 6.28. The van der Waals surface area contributed by atoms with Crippen LogP contribution in [-0.4, -0.2) is 31.3 Å². The highest BCUT2D eigenvalue weighted by Crippen LogP contribution is 2.26. The zero-order valence-corrected chi connectivity index (χ0v) is 12.4. The van der Waals surface area contributed by atoms with Gasteiger partial charge in [0.15, 0.2) is 0 Å². The lowest BCUT2D eigenvalue weighted by molar-refractivity contribution is 0.0849. The summed E-state index contributed by atoms with van der Waals surface area (Å²) >= 11 is 0. The molecule has 5 nitrogen and oxygen atoms in total. The third-order valence-corrected chi connectivity index (χ3v) is 3.96. The van der Waals surface area contributed by atoms with Gasteiger partial charge in [0.1, 0.15) is 11.3 Å². The van der Waals surface area contributed by atoms with Crippen molar-refractivity contribution in [1.82, 2.24) is 5.32 Å². The van der Waals surface area contributed by atoms with Crippen molar-refractivity contribution in [2.24, 2.45) is 5.41 Å². The molecule has 0 aliphatic heterocycles. The van der Waals surface area contributed by atoms with E-state index in [1.807, 2.05) is 13.8 Å². The number of carbonyl (C=O) groups is 1. The molecule has 112 valence electrons. The van der Waals surface area contributed by atoms with Crippen molar-refractivity contribution in [2.75, 3.05) is 26.0 Å². The van der Waals surface area contributed by atoms with Gasteiger partial charge in [-0.3, -0.25) is 4.79 Å². The number of nitrogen functional groups attached to an aromatic ring is 1. The number of hydrogen-bond acceptors (Lipinski definition) is 4. The first-order chi connectivity index (χ1) is 9.53. The second-order valence-electron chi connectivity index (χ2n) is 4.97. The lowest BCUT2D eigenvalue weighted by Gasteiger charge is -2.29. The van der Waals surface area contributed by atoms with Crippen LogP contribution in [0.25, 0.3) is 0 Å². The first kappa shape index (κ1) is 16.3. The molecule has 0 saturated carbocycles. The van der Waals surface area contributed by atoms with E-state index in [0.29, 0.717) is 23.5 Å². The quantitative estimate of drug-likeness (QED) is 0.665. The van der Waals surface area contributed by atoms with Gasteiger partial charge in [-0.05, 0) is 25.0 Å². The van der Waals surface area contributed by atoms with Crippen LogP contribution in [0.3, 0.4) is 0 Å².